The smallest absolute Gasteiger partial charge is 0.136 e. The molecule has 1 aliphatic rings. The zero-order valence-corrected chi connectivity index (χ0v) is 62.9. The number of hydrogen-bond acceptors (Lipinski definition) is 8. The van der Waals surface area contributed by atoms with Gasteiger partial charge in [-0.2, -0.15) is 0 Å². The Kier molecular flexibility index (Phi) is 59.3. The summed E-state index contributed by atoms with van der Waals surface area (Å²) in [6.07, 6.45) is 3.54. The predicted molar refractivity (Wildman–Crippen MR) is 378 cm³/mol. The molecule has 1 fully saturated rings. The number of hydrogen-bond donors (Lipinski definition) is 2. The van der Waals surface area contributed by atoms with Crippen LogP contribution in [-0.2, 0) is 359 Å². The molecular weight excluding hydrogens is 1540 g/mol. The van der Waals surface area contributed by atoms with Crippen molar-refractivity contribution in [1.29, 1.82) is 0 Å². The van der Waals surface area contributed by atoms with Crippen molar-refractivity contribution in [3.8, 4) is 0 Å². The highest BCUT2D eigenvalue weighted by atomic mass is 33.5. The van der Waals surface area contributed by atoms with Gasteiger partial charge >= 0.3 is 0 Å². The van der Waals surface area contributed by atoms with Crippen molar-refractivity contribution in [2.45, 2.75) is 72.0 Å². The molecule has 3 atom stereocenters. The van der Waals surface area contributed by atoms with E-state index in [1.807, 2.05) is 222 Å². The molecule has 1 aliphatic heterocycles. The topological polar surface area (TPSA) is 103 Å². The molecule has 63 heavy (non-hydrogen) atoms. The van der Waals surface area contributed by atoms with Crippen LogP contribution in [0.4, 0.5) is 0 Å². The van der Waals surface area contributed by atoms with Crippen molar-refractivity contribution >= 4 is 354 Å². The number of Topliss-reactive ketones (excluding diaryl/α,β-unsaturated/α-hetero) is 2. The Morgan fingerprint density at radius 1 is 0.619 bits per heavy atom. The van der Waals surface area contributed by atoms with Gasteiger partial charge in [0.25, 0.3) is 0 Å². The average Bonchev–Trinajstić information content (AvgIpc) is 3.70. The first-order valence-electron chi connectivity index (χ1n) is 15.2. The number of ketones is 2. The number of nitrogens with zero attached hydrogens (tertiary/aromatic N) is 3. The molecule has 3 unspecified atom stereocenters. The van der Waals surface area contributed by atoms with Gasteiger partial charge in [0.05, 0.1) is 6.04 Å². The van der Waals surface area contributed by atoms with Crippen molar-refractivity contribution in [3.63, 3.8) is 0 Å². The van der Waals surface area contributed by atoms with Crippen LogP contribution in [0.15, 0.2) is 6.20 Å². The molecule has 2 heterocycles. The maximum atomic E-state index is 11.7. The van der Waals surface area contributed by atoms with Gasteiger partial charge in [-0.25, -0.2) is 0 Å². The Labute approximate surface area is 481 Å². The lowest BCUT2D eigenvalue weighted by Crippen LogP contribution is -2.43. The maximum absolute atomic E-state index is 11.7. The molecule has 370 valence electrons. The quantitative estimate of drug-likeness (QED) is 0.461. The molecular formula is C18H33N5O2S38. The molecule has 2 rings (SSSR count). The van der Waals surface area contributed by atoms with Crippen molar-refractivity contribution in [3.05, 3.63) is 11.9 Å². The van der Waals surface area contributed by atoms with Gasteiger partial charge in [0.1, 0.15) is 17.3 Å². The number of aromatic nitrogens is 3. The summed E-state index contributed by atoms with van der Waals surface area (Å²) in [5, 5.41) is 11.4. The van der Waals surface area contributed by atoms with E-state index in [2.05, 4.69) is 29.5 Å². The second-order valence-electron chi connectivity index (χ2n) is 10.1. The minimum absolute atomic E-state index is 0.0300. The first-order chi connectivity index (χ1) is 30.5. The van der Waals surface area contributed by atoms with Crippen molar-refractivity contribution in [2.24, 2.45) is 24.6 Å². The van der Waals surface area contributed by atoms with Gasteiger partial charge in [0, 0.05) is 387 Å². The van der Waals surface area contributed by atoms with Gasteiger partial charge in [-0.15, -0.1) is 5.10 Å². The number of piperidine rings is 1. The standard InChI is InChI=1S/C11H18N4O.C7H15NO.S38/c1-7(2)9-4-8(16)5-10(12-9)11-6-15(3)14-13-11;1-5(2)7(8)4-6(3)9;1-3-5-7-9-11-13-15-17-19-21-23-25-27-29-31-33-35-37-38-36-34-32-30-28-26-24-22-20-18-16-14-12-10-8-6-4-2/h6-7,9-10,12H,4-5H2,1-3H3;5,7H,4,8H2,1-3H3;. The molecule has 7 nitrogen and oxygen atoms in total. The number of aryl methyl sites for hydroxylation is 1. The van der Waals surface area contributed by atoms with E-state index in [1.54, 1.807) is 118 Å². The number of carbonyl (C=O) groups is 2. The highest BCUT2D eigenvalue weighted by Crippen LogP contribution is 2.24. The molecule has 0 aromatic carbocycles. The molecule has 1 aromatic rings. The lowest BCUT2D eigenvalue weighted by atomic mass is 9.89. The highest BCUT2D eigenvalue weighted by Gasteiger charge is 2.30. The zero-order chi connectivity index (χ0) is 46.6. The summed E-state index contributed by atoms with van der Waals surface area (Å²) in [6.45, 7) is 9.87. The lowest BCUT2D eigenvalue weighted by molar-refractivity contribution is -0.122. The molecule has 0 radical (unpaired) electrons. The van der Waals surface area contributed by atoms with Crippen LogP contribution in [-0.4, -0.2) is 38.6 Å². The second-order valence-corrected chi connectivity index (χ2v) is 73.8. The Hall–Kier alpha value is 6.76. The molecule has 1 saturated heterocycles. The third kappa shape index (κ3) is 49.4. The van der Waals surface area contributed by atoms with E-state index in [0.717, 1.165) is 5.69 Å². The van der Waals surface area contributed by atoms with E-state index in [1.165, 1.54) is 17.8 Å². The summed E-state index contributed by atoms with van der Waals surface area (Å²) >= 11 is 9.60. The molecule has 3 N–H and O–H groups in total. The summed E-state index contributed by atoms with van der Waals surface area (Å²) in [5.74, 6) is 1.36. The van der Waals surface area contributed by atoms with Crippen molar-refractivity contribution in [1.82, 2.24) is 20.3 Å². The number of carbonyl (C=O) groups excluding carboxylic acids is 2. The van der Waals surface area contributed by atoms with E-state index in [4.69, 9.17) is 28.1 Å². The van der Waals surface area contributed by atoms with E-state index < -0.39 is 0 Å². The monoisotopic (exact) mass is 1570 g/mol. The summed E-state index contributed by atoms with van der Waals surface area (Å²) in [7, 11) is 65.6. The van der Waals surface area contributed by atoms with E-state index in [0.29, 0.717) is 36.9 Å². The summed E-state index contributed by atoms with van der Waals surface area (Å²) in [6, 6.07) is 0.332. The summed E-state index contributed by atoms with van der Waals surface area (Å²) in [4.78, 5) is 22.2. The van der Waals surface area contributed by atoms with Crippen LogP contribution >= 0.6 is 0 Å². The van der Waals surface area contributed by atoms with Crippen LogP contribution in [0.3, 0.4) is 0 Å². The van der Waals surface area contributed by atoms with Gasteiger partial charge in [-0.1, -0.05) is 32.9 Å². The third-order valence-electron chi connectivity index (χ3n) is 5.43. The van der Waals surface area contributed by atoms with Gasteiger partial charge in [-0.05, 0) is 18.8 Å². The first kappa shape index (κ1) is 69.8. The lowest BCUT2D eigenvalue weighted by Gasteiger charge is -2.31. The highest BCUT2D eigenvalue weighted by molar-refractivity contribution is 8.81. The van der Waals surface area contributed by atoms with Gasteiger partial charge < -0.3 is 11.1 Å². The van der Waals surface area contributed by atoms with E-state index in [-0.39, 0.29) is 23.9 Å². The maximum Gasteiger partial charge on any atom is 0.136 e. The fourth-order valence-corrected chi connectivity index (χ4v) is 96.3. The summed E-state index contributed by atoms with van der Waals surface area (Å²) < 4.78 is 1.67. The van der Waals surface area contributed by atoms with Gasteiger partial charge in [0.2, 0.25) is 0 Å². The molecule has 0 aliphatic carbocycles. The first-order valence-corrected chi connectivity index (χ1v) is 64.5. The van der Waals surface area contributed by atoms with Gasteiger partial charge in [0.15, 0.2) is 0 Å². The van der Waals surface area contributed by atoms with Gasteiger partial charge in [-0.3, -0.25) is 14.3 Å². The Bertz CT molecular complexity index is 3220. The van der Waals surface area contributed by atoms with Crippen LogP contribution < -0.4 is 11.1 Å². The predicted octanol–water partition coefficient (Wildman–Crippen LogP) is 1.69. The average molecular weight is 1570 g/mol. The van der Waals surface area contributed by atoms with Crippen LogP contribution in [0.1, 0.15) is 65.6 Å². The molecule has 0 amide bonds. The second kappa shape index (κ2) is 53.6. The molecule has 0 bridgehead atoms. The Balaban J connectivity index is 0.00000123. The van der Waals surface area contributed by atoms with Crippen LogP contribution in [0.5, 0.6) is 0 Å². The Morgan fingerprint density at radius 3 is 1.13 bits per heavy atom. The fourth-order valence-electron chi connectivity index (χ4n) is 3.03. The number of rotatable bonds is 5. The third-order valence-corrected chi connectivity index (χ3v) is 83.2. The Morgan fingerprint density at radius 2 is 0.921 bits per heavy atom. The zero-order valence-electron chi connectivity index (χ0n) is 31.8. The largest absolute Gasteiger partial charge is 0.327 e. The SMILES string of the molecule is CC(=O)CC(N)C(C)C.CC(C)C1CC(=O)CC(c2cn(C)nn2)N1.S=S=S=S=S=S=S=S=S=S=S=S=S=S=S=S=S=S=S=S=S=S=S=S=S=S=S=S=S=S=S=S=S=S=S=S=S=S. The van der Waals surface area contributed by atoms with Crippen LogP contribution in [0, 0.1) is 11.8 Å². The fraction of sp³-hybridized carbons (Fsp3) is 0.778. The summed E-state index contributed by atoms with van der Waals surface area (Å²) in [5.41, 5.74) is 6.46. The van der Waals surface area contributed by atoms with Crippen LogP contribution in [0.25, 0.3) is 0 Å². The normalized spacial score (nSPS) is 13.3. The van der Waals surface area contributed by atoms with Crippen LogP contribution in [0.2, 0.25) is 0 Å². The molecule has 45 heteroatoms. The number of nitrogens with one attached hydrogen (secondary N) is 1. The minimum atomic E-state index is 0.0300. The number of nitrogens with two attached hydrogens (primary N) is 1. The van der Waals surface area contributed by atoms with Crippen molar-refractivity contribution < 1.29 is 9.59 Å². The van der Waals surface area contributed by atoms with Crippen molar-refractivity contribution in [2.75, 3.05) is 0 Å². The molecule has 0 spiro atoms. The van der Waals surface area contributed by atoms with E-state index >= 15 is 0 Å². The minimum Gasteiger partial charge on any atom is -0.327 e. The van der Waals surface area contributed by atoms with E-state index in [9.17, 15) is 9.59 Å². The molecule has 0 saturated carbocycles. The molecule has 1 aromatic heterocycles.